The van der Waals surface area contributed by atoms with Crippen molar-refractivity contribution in [3.8, 4) is 0 Å². The van der Waals surface area contributed by atoms with Gasteiger partial charge in [0.1, 0.15) is 18.3 Å². The Balaban J connectivity index is 3.96. The van der Waals surface area contributed by atoms with Crippen LogP contribution in [0.4, 0.5) is 0 Å². The van der Waals surface area contributed by atoms with Gasteiger partial charge in [-0.25, -0.2) is 0 Å². The maximum Gasteiger partial charge on any atom is 0.313 e. The standard InChI is InChI=1S/C32H64NO8P/c1-6-7-8-9-10-11-12-13-14-15-16-17-18-19-20-21-22-25-38-28-31(41-32(35)27-30(2)34)29-40-42(36,37)39-26-23-24-33(3,4)5/h31H,6-29H2,1-5H3. The van der Waals surface area contributed by atoms with E-state index in [1.54, 1.807) is 0 Å². The highest BCUT2D eigenvalue weighted by Crippen LogP contribution is 2.38. The van der Waals surface area contributed by atoms with E-state index in [2.05, 4.69) is 6.92 Å². The Kier molecular flexibility index (Phi) is 26.0. The Morgan fingerprint density at radius 1 is 0.690 bits per heavy atom. The Bertz CT molecular complexity index is 713. The van der Waals surface area contributed by atoms with Gasteiger partial charge in [0, 0.05) is 13.0 Å². The number of Topliss-reactive ketones (excluding diaryl/α,β-unsaturated/α-hetero) is 1. The van der Waals surface area contributed by atoms with Crippen LogP contribution in [0.2, 0.25) is 0 Å². The summed E-state index contributed by atoms with van der Waals surface area (Å²) in [6.45, 7) is 4.37. The molecule has 2 atom stereocenters. The molecule has 250 valence electrons. The lowest BCUT2D eigenvalue weighted by Gasteiger charge is -2.27. The summed E-state index contributed by atoms with van der Waals surface area (Å²) in [7, 11) is 1.47. The van der Waals surface area contributed by atoms with Crippen molar-refractivity contribution in [1.29, 1.82) is 0 Å². The Labute approximate surface area is 257 Å². The van der Waals surface area contributed by atoms with Crippen LogP contribution in [0.25, 0.3) is 0 Å². The molecule has 0 radical (unpaired) electrons. The second-order valence-electron chi connectivity index (χ2n) is 12.7. The van der Waals surface area contributed by atoms with E-state index in [9.17, 15) is 19.0 Å². The summed E-state index contributed by atoms with van der Waals surface area (Å²) in [6.07, 6.45) is 21.3. The van der Waals surface area contributed by atoms with Crippen molar-refractivity contribution in [3.63, 3.8) is 0 Å². The first-order valence-electron chi connectivity index (χ1n) is 16.6. The number of quaternary nitrogens is 1. The molecule has 0 aromatic heterocycles. The van der Waals surface area contributed by atoms with Crippen LogP contribution < -0.4 is 4.89 Å². The maximum atomic E-state index is 12.1. The first kappa shape index (κ1) is 41.2. The number of unbranched alkanes of at least 4 members (excludes halogenated alkanes) is 16. The van der Waals surface area contributed by atoms with Crippen molar-refractivity contribution >= 4 is 19.6 Å². The third-order valence-electron chi connectivity index (χ3n) is 7.03. The third-order valence-corrected chi connectivity index (χ3v) is 7.99. The molecule has 0 bridgehead atoms. The number of phosphoric acid groups is 1. The molecule has 0 saturated heterocycles. The topological polar surface area (TPSA) is 111 Å². The van der Waals surface area contributed by atoms with Crippen LogP contribution in [0.5, 0.6) is 0 Å². The van der Waals surface area contributed by atoms with Crippen LogP contribution in [-0.4, -0.2) is 76.5 Å². The largest absolute Gasteiger partial charge is 0.756 e. The lowest BCUT2D eigenvalue weighted by atomic mass is 10.0. The van der Waals surface area contributed by atoms with Crippen LogP contribution in [0.1, 0.15) is 136 Å². The molecule has 0 spiro atoms. The quantitative estimate of drug-likeness (QED) is 0.0264. The summed E-state index contributed by atoms with van der Waals surface area (Å²) in [4.78, 5) is 35.3. The van der Waals surface area contributed by atoms with Crippen LogP contribution in [0.3, 0.4) is 0 Å². The predicted molar refractivity (Wildman–Crippen MR) is 167 cm³/mol. The molecular weight excluding hydrogens is 557 g/mol. The summed E-state index contributed by atoms with van der Waals surface area (Å²) in [6, 6.07) is 0. The molecule has 0 rings (SSSR count). The molecule has 10 heteroatoms. The molecule has 0 fully saturated rings. The Morgan fingerprint density at radius 2 is 1.17 bits per heavy atom. The van der Waals surface area contributed by atoms with Crippen LogP contribution in [0, 0.1) is 0 Å². The second-order valence-corrected chi connectivity index (χ2v) is 14.1. The van der Waals surface area contributed by atoms with Crippen molar-refractivity contribution in [2.45, 2.75) is 142 Å². The fourth-order valence-electron chi connectivity index (χ4n) is 4.62. The normalized spacial score (nSPS) is 14.0. The summed E-state index contributed by atoms with van der Waals surface area (Å²) in [5, 5.41) is 0. The van der Waals surface area contributed by atoms with Gasteiger partial charge in [0.15, 0.2) is 0 Å². The van der Waals surface area contributed by atoms with E-state index >= 15 is 0 Å². The molecule has 9 nitrogen and oxygen atoms in total. The van der Waals surface area contributed by atoms with Crippen LogP contribution >= 0.6 is 7.82 Å². The van der Waals surface area contributed by atoms with E-state index in [1.807, 2.05) is 21.1 Å². The average Bonchev–Trinajstić information content (AvgIpc) is 2.90. The van der Waals surface area contributed by atoms with E-state index in [0.29, 0.717) is 17.5 Å². The molecule has 0 aliphatic heterocycles. The van der Waals surface area contributed by atoms with Gasteiger partial charge in [-0.3, -0.25) is 14.2 Å². The molecule has 0 aliphatic rings. The van der Waals surface area contributed by atoms with Gasteiger partial charge < -0.3 is 27.9 Å². The molecule has 2 unspecified atom stereocenters. The van der Waals surface area contributed by atoms with Gasteiger partial charge in [-0.15, -0.1) is 0 Å². The minimum atomic E-state index is -4.55. The average molecular weight is 622 g/mol. The number of carbonyl (C=O) groups excluding carboxylic acids is 2. The zero-order valence-electron chi connectivity index (χ0n) is 27.7. The van der Waals surface area contributed by atoms with E-state index in [1.165, 1.54) is 96.8 Å². The minimum Gasteiger partial charge on any atom is -0.756 e. The minimum absolute atomic E-state index is 0.00991. The summed E-state index contributed by atoms with van der Waals surface area (Å²) >= 11 is 0. The van der Waals surface area contributed by atoms with Gasteiger partial charge in [-0.05, 0) is 13.3 Å². The molecule has 42 heavy (non-hydrogen) atoms. The van der Waals surface area contributed by atoms with Crippen molar-refractivity contribution in [2.75, 3.05) is 54.1 Å². The number of esters is 1. The number of carbonyl (C=O) groups is 2. The molecule has 0 amide bonds. The lowest BCUT2D eigenvalue weighted by Crippen LogP contribution is -2.35. The first-order valence-corrected chi connectivity index (χ1v) is 18.1. The number of hydrogen-bond acceptors (Lipinski definition) is 8. The molecule has 0 aromatic carbocycles. The third kappa shape index (κ3) is 30.6. The SMILES string of the molecule is CCCCCCCCCCCCCCCCCCCOCC(COP(=O)([O-])OCCC[N+](C)(C)C)OC(=O)CC(C)=O. The fraction of sp³-hybridized carbons (Fsp3) is 0.938. The van der Waals surface area contributed by atoms with Gasteiger partial charge in [0.25, 0.3) is 7.82 Å². The number of ketones is 1. The fourth-order valence-corrected chi connectivity index (χ4v) is 5.39. The van der Waals surface area contributed by atoms with Crippen LogP contribution in [-0.2, 0) is 32.7 Å². The number of rotatable bonds is 31. The van der Waals surface area contributed by atoms with Crippen molar-refractivity contribution in [1.82, 2.24) is 0 Å². The van der Waals surface area contributed by atoms with Gasteiger partial charge >= 0.3 is 5.97 Å². The van der Waals surface area contributed by atoms with E-state index in [0.717, 1.165) is 25.8 Å². The summed E-state index contributed by atoms with van der Waals surface area (Å²) < 4.78 is 33.6. The molecule has 0 aromatic rings. The lowest BCUT2D eigenvalue weighted by molar-refractivity contribution is -0.870. The maximum absolute atomic E-state index is 12.1. The second kappa shape index (κ2) is 26.6. The zero-order chi connectivity index (χ0) is 31.5. The number of ether oxygens (including phenoxy) is 2. The van der Waals surface area contributed by atoms with Gasteiger partial charge in [0.05, 0.1) is 47.5 Å². The molecule has 0 aliphatic carbocycles. The van der Waals surface area contributed by atoms with E-state index in [4.69, 9.17) is 18.5 Å². The molecular formula is C32H64NO8P. The van der Waals surface area contributed by atoms with Crippen molar-refractivity contribution in [2.24, 2.45) is 0 Å². The van der Waals surface area contributed by atoms with Crippen molar-refractivity contribution < 1.29 is 42.1 Å². The summed E-state index contributed by atoms with van der Waals surface area (Å²) in [5.41, 5.74) is 0. The number of phosphoric ester groups is 1. The van der Waals surface area contributed by atoms with E-state index < -0.39 is 26.5 Å². The highest BCUT2D eigenvalue weighted by Gasteiger charge is 2.20. The molecule has 0 saturated carbocycles. The zero-order valence-corrected chi connectivity index (χ0v) is 28.6. The summed E-state index contributed by atoms with van der Waals surface area (Å²) in [5.74, 6) is -1.07. The highest BCUT2D eigenvalue weighted by molar-refractivity contribution is 7.45. The van der Waals surface area contributed by atoms with Crippen LogP contribution in [0.15, 0.2) is 0 Å². The monoisotopic (exact) mass is 621 g/mol. The number of hydrogen-bond donors (Lipinski definition) is 0. The number of nitrogens with zero attached hydrogens (tertiary/aromatic N) is 1. The van der Waals surface area contributed by atoms with Crippen molar-refractivity contribution in [3.05, 3.63) is 0 Å². The Hall–Kier alpha value is -0.830. The van der Waals surface area contributed by atoms with Gasteiger partial charge in [-0.2, -0.15) is 0 Å². The Morgan fingerprint density at radius 3 is 1.62 bits per heavy atom. The van der Waals surface area contributed by atoms with E-state index in [-0.39, 0.29) is 25.4 Å². The first-order chi connectivity index (χ1) is 19.9. The molecule has 0 N–H and O–H groups in total. The van der Waals surface area contributed by atoms with Gasteiger partial charge in [-0.1, -0.05) is 110 Å². The highest BCUT2D eigenvalue weighted by atomic mass is 31.2. The smallest absolute Gasteiger partial charge is 0.313 e. The van der Waals surface area contributed by atoms with Gasteiger partial charge in [0.2, 0.25) is 0 Å². The molecule has 0 heterocycles. The predicted octanol–water partition coefficient (Wildman–Crippen LogP) is 7.14.